The van der Waals surface area contributed by atoms with Crippen LogP contribution in [0.3, 0.4) is 0 Å². The maximum Gasteiger partial charge on any atom is 0.333 e. The molecule has 110 valence electrons. The number of nitrogens with two attached hydrogens (primary N) is 1. The number of ether oxygens (including phenoxy) is 1. The molecule has 0 spiro atoms. The SMILES string of the molecule is Nc1ccc(-c2csc(NC(=O)N3CCOCS3)n2)cc1. The Morgan fingerprint density at radius 2 is 2.19 bits per heavy atom. The summed E-state index contributed by atoms with van der Waals surface area (Å²) in [4.78, 5) is 16.5. The van der Waals surface area contributed by atoms with E-state index in [0.717, 1.165) is 11.3 Å². The molecule has 0 atom stereocenters. The lowest BCUT2D eigenvalue weighted by Gasteiger charge is -2.24. The van der Waals surface area contributed by atoms with E-state index in [9.17, 15) is 4.79 Å². The van der Waals surface area contributed by atoms with Crippen molar-refractivity contribution < 1.29 is 9.53 Å². The van der Waals surface area contributed by atoms with Gasteiger partial charge in [-0.25, -0.2) is 9.78 Å². The van der Waals surface area contributed by atoms with Gasteiger partial charge in [-0.15, -0.1) is 11.3 Å². The molecule has 21 heavy (non-hydrogen) atoms. The van der Waals surface area contributed by atoms with Crippen molar-refractivity contribution in [3.63, 3.8) is 0 Å². The Labute approximate surface area is 130 Å². The van der Waals surface area contributed by atoms with Crippen LogP contribution in [-0.4, -0.2) is 34.4 Å². The number of carbonyl (C=O) groups is 1. The summed E-state index contributed by atoms with van der Waals surface area (Å²) in [6.07, 6.45) is 0. The van der Waals surface area contributed by atoms with Crippen molar-refractivity contribution in [2.75, 3.05) is 30.1 Å². The molecule has 1 aromatic carbocycles. The van der Waals surface area contributed by atoms with Crippen molar-refractivity contribution in [2.45, 2.75) is 0 Å². The lowest BCUT2D eigenvalue weighted by Crippen LogP contribution is -2.35. The maximum atomic E-state index is 12.0. The number of nitrogens with one attached hydrogen (secondary N) is 1. The zero-order chi connectivity index (χ0) is 14.7. The molecule has 2 heterocycles. The molecule has 1 aliphatic rings. The maximum absolute atomic E-state index is 12.0. The summed E-state index contributed by atoms with van der Waals surface area (Å²) in [6.45, 7) is 1.14. The Kier molecular flexibility index (Phi) is 4.28. The van der Waals surface area contributed by atoms with Crippen LogP contribution in [0.25, 0.3) is 11.3 Å². The van der Waals surface area contributed by atoms with Crippen LogP contribution in [-0.2, 0) is 4.74 Å². The van der Waals surface area contributed by atoms with Gasteiger partial charge in [0, 0.05) is 16.6 Å². The molecule has 1 aliphatic heterocycles. The second-order valence-corrected chi connectivity index (χ2v) is 6.14. The highest BCUT2D eigenvalue weighted by atomic mass is 32.2. The smallest absolute Gasteiger partial charge is 0.333 e. The van der Waals surface area contributed by atoms with Crippen LogP contribution in [0, 0.1) is 0 Å². The molecule has 6 nitrogen and oxygen atoms in total. The Balaban J connectivity index is 1.67. The molecule has 2 aromatic rings. The normalized spacial score (nSPS) is 15.0. The first-order chi connectivity index (χ1) is 10.2. The topological polar surface area (TPSA) is 80.5 Å². The van der Waals surface area contributed by atoms with E-state index in [2.05, 4.69) is 10.3 Å². The molecular formula is C13H14N4O2S2. The molecule has 0 radical (unpaired) electrons. The standard InChI is InChI=1S/C13H14N4O2S2/c14-10-3-1-9(2-4-10)11-7-20-12(15-11)16-13(18)17-5-6-19-8-21-17/h1-4,7H,5-6,8,14H2,(H,15,16,18). The number of carbonyl (C=O) groups excluding carboxylic acids is 1. The summed E-state index contributed by atoms with van der Waals surface area (Å²) in [6, 6.07) is 7.32. The fraction of sp³-hybridized carbons (Fsp3) is 0.231. The average molecular weight is 322 g/mol. The van der Waals surface area contributed by atoms with Crippen LogP contribution in [0.2, 0.25) is 0 Å². The van der Waals surface area contributed by atoms with Gasteiger partial charge in [-0.1, -0.05) is 12.1 Å². The first-order valence-electron chi connectivity index (χ1n) is 6.33. The second-order valence-electron chi connectivity index (χ2n) is 4.35. The summed E-state index contributed by atoms with van der Waals surface area (Å²) in [5, 5.41) is 5.30. The van der Waals surface area contributed by atoms with Crippen LogP contribution in [0.5, 0.6) is 0 Å². The van der Waals surface area contributed by atoms with Gasteiger partial charge >= 0.3 is 6.03 Å². The fourth-order valence-electron chi connectivity index (χ4n) is 1.80. The largest absolute Gasteiger partial charge is 0.399 e. The van der Waals surface area contributed by atoms with Gasteiger partial charge < -0.3 is 10.5 Å². The zero-order valence-corrected chi connectivity index (χ0v) is 12.7. The van der Waals surface area contributed by atoms with Crippen molar-refractivity contribution in [1.82, 2.24) is 9.29 Å². The molecule has 2 amide bonds. The van der Waals surface area contributed by atoms with Gasteiger partial charge in [-0.3, -0.25) is 9.62 Å². The van der Waals surface area contributed by atoms with Gasteiger partial charge in [0.2, 0.25) is 0 Å². The van der Waals surface area contributed by atoms with E-state index in [4.69, 9.17) is 10.5 Å². The van der Waals surface area contributed by atoms with E-state index in [1.807, 2.05) is 29.6 Å². The monoisotopic (exact) mass is 322 g/mol. The molecule has 1 fully saturated rings. The minimum Gasteiger partial charge on any atom is -0.399 e. The number of benzene rings is 1. The lowest BCUT2D eigenvalue weighted by atomic mass is 10.1. The van der Waals surface area contributed by atoms with Crippen molar-refractivity contribution in [3.8, 4) is 11.3 Å². The Morgan fingerprint density at radius 3 is 2.90 bits per heavy atom. The van der Waals surface area contributed by atoms with E-state index in [0.29, 0.717) is 29.9 Å². The van der Waals surface area contributed by atoms with Crippen LogP contribution in [0.1, 0.15) is 0 Å². The molecule has 0 aliphatic carbocycles. The minimum atomic E-state index is -0.165. The van der Waals surface area contributed by atoms with E-state index in [1.165, 1.54) is 23.3 Å². The lowest BCUT2D eigenvalue weighted by molar-refractivity contribution is 0.152. The zero-order valence-electron chi connectivity index (χ0n) is 11.1. The third-order valence-electron chi connectivity index (χ3n) is 2.88. The van der Waals surface area contributed by atoms with E-state index in [-0.39, 0.29) is 6.03 Å². The van der Waals surface area contributed by atoms with Gasteiger partial charge in [0.25, 0.3) is 0 Å². The van der Waals surface area contributed by atoms with Gasteiger partial charge in [0.05, 0.1) is 18.8 Å². The van der Waals surface area contributed by atoms with Gasteiger partial charge in [0.1, 0.15) is 5.94 Å². The van der Waals surface area contributed by atoms with Gasteiger partial charge in [-0.2, -0.15) is 0 Å². The molecule has 0 unspecified atom stereocenters. The molecule has 3 N–H and O–H groups in total. The molecular weight excluding hydrogens is 308 g/mol. The second kappa shape index (κ2) is 6.33. The van der Waals surface area contributed by atoms with Crippen molar-refractivity contribution in [3.05, 3.63) is 29.6 Å². The number of hydrogen-bond acceptors (Lipinski definition) is 6. The Hall–Kier alpha value is -1.77. The van der Waals surface area contributed by atoms with Crippen molar-refractivity contribution >= 4 is 40.1 Å². The van der Waals surface area contributed by atoms with Gasteiger partial charge in [-0.05, 0) is 24.1 Å². The van der Waals surface area contributed by atoms with Crippen LogP contribution < -0.4 is 11.1 Å². The first-order valence-corrected chi connectivity index (χ1v) is 8.15. The highest BCUT2D eigenvalue weighted by Crippen LogP contribution is 2.26. The average Bonchev–Trinajstić information content (AvgIpc) is 2.97. The first kappa shape index (κ1) is 14.2. The van der Waals surface area contributed by atoms with Crippen LogP contribution in [0.4, 0.5) is 15.6 Å². The number of nitrogen functional groups attached to an aromatic ring is 1. The third-order valence-corrected chi connectivity index (χ3v) is 4.57. The highest BCUT2D eigenvalue weighted by molar-refractivity contribution is 7.97. The molecule has 1 saturated heterocycles. The summed E-state index contributed by atoms with van der Waals surface area (Å²) in [7, 11) is 0. The molecule has 0 bridgehead atoms. The van der Waals surface area contributed by atoms with Crippen LogP contribution in [0.15, 0.2) is 29.6 Å². The predicted octanol–water partition coefficient (Wildman–Crippen LogP) is 2.86. The van der Waals surface area contributed by atoms with E-state index < -0.39 is 0 Å². The van der Waals surface area contributed by atoms with Crippen molar-refractivity contribution in [2.24, 2.45) is 0 Å². The molecule has 0 saturated carbocycles. The number of anilines is 2. The van der Waals surface area contributed by atoms with E-state index in [1.54, 1.807) is 4.31 Å². The number of amides is 2. The summed E-state index contributed by atoms with van der Waals surface area (Å²) < 4.78 is 6.84. The minimum absolute atomic E-state index is 0.165. The predicted molar refractivity (Wildman–Crippen MR) is 86.1 cm³/mol. The van der Waals surface area contributed by atoms with Crippen LogP contribution >= 0.6 is 23.3 Å². The highest BCUT2D eigenvalue weighted by Gasteiger charge is 2.19. The fourth-order valence-corrected chi connectivity index (χ4v) is 3.20. The quantitative estimate of drug-likeness (QED) is 0.656. The number of rotatable bonds is 2. The summed E-state index contributed by atoms with van der Waals surface area (Å²) in [5.74, 6) is 0.502. The third kappa shape index (κ3) is 3.46. The Bertz CT molecular complexity index is 623. The molecule has 8 heteroatoms. The summed E-state index contributed by atoms with van der Waals surface area (Å²) >= 11 is 2.76. The van der Waals surface area contributed by atoms with Gasteiger partial charge in [0.15, 0.2) is 5.13 Å². The number of hydrogen-bond donors (Lipinski definition) is 2. The van der Waals surface area contributed by atoms with E-state index >= 15 is 0 Å². The summed E-state index contributed by atoms with van der Waals surface area (Å²) in [5.41, 5.74) is 8.18. The number of aromatic nitrogens is 1. The molecule has 1 aromatic heterocycles. The number of urea groups is 1. The number of thiazole rings is 1. The molecule has 3 rings (SSSR count). The van der Waals surface area contributed by atoms with Crippen molar-refractivity contribution in [1.29, 1.82) is 0 Å². The number of nitrogens with zero attached hydrogens (tertiary/aromatic N) is 2. The Morgan fingerprint density at radius 1 is 1.38 bits per heavy atom.